The van der Waals surface area contributed by atoms with E-state index in [4.69, 9.17) is 30.2 Å². The van der Waals surface area contributed by atoms with Crippen molar-refractivity contribution >= 4 is 41.1 Å². The number of hydrogen-bond acceptors (Lipinski definition) is 10. The molecule has 4 aliphatic rings. The van der Waals surface area contributed by atoms with Crippen LogP contribution >= 0.6 is 0 Å². The zero-order chi connectivity index (χ0) is 43.1. The van der Waals surface area contributed by atoms with E-state index in [0.717, 1.165) is 61.2 Å². The van der Waals surface area contributed by atoms with Gasteiger partial charge in [0, 0.05) is 59.1 Å². The molecule has 5 heterocycles. The van der Waals surface area contributed by atoms with E-state index in [1.54, 1.807) is 30.3 Å². The van der Waals surface area contributed by atoms with Crippen molar-refractivity contribution in [1.29, 1.82) is 0 Å². The minimum atomic E-state index is -1.64. The number of Topliss-reactive ketones (excluding diaryl/α,β-unsaturated/α-hetero) is 1. The molecule has 2 unspecified atom stereocenters. The van der Waals surface area contributed by atoms with E-state index in [2.05, 4.69) is 34.6 Å². The molecule has 1 aromatic heterocycles. The molecule has 6 N–H and O–H groups in total. The van der Waals surface area contributed by atoms with Crippen LogP contribution in [0.5, 0.6) is 11.5 Å². The SMILES string of the molecule is NCc1cccc(C2CCN(C(=O)c3cccc(OCC4(c5ccccc5)OB(c5cccc6[nH]c(C(=O)C7Oc8ccc(CN)cc8C78CCNCC8)cc56)OC4=O)c3)CC2)c1. The number of ketones is 1. The van der Waals surface area contributed by atoms with Crippen LogP contribution in [0.1, 0.15) is 80.3 Å². The molecular weight excluding hydrogens is 793 g/mol. The number of hydrogen-bond donors (Lipinski definition) is 4. The lowest BCUT2D eigenvalue weighted by Gasteiger charge is -2.37. The van der Waals surface area contributed by atoms with Gasteiger partial charge in [0.15, 0.2) is 6.10 Å². The van der Waals surface area contributed by atoms with Gasteiger partial charge < -0.3 is 45.5 Å². The van der Waals surface area contributed by atoms with Crippen molar-refractivity contribution in [3.05, 3.63) is 160 Å². The largest absolute Gasteiger partial charge is 0.566 e. The number of aromatic nitrogens is 1. The fraction of sp³-hybridized carbons (Fsp3) is 0.300. The lowest BCUT2D eigenvalue weighted by Crippen LogP contribution is -2.50. The highest BCUT2D eigenvalue weighted by molar-refractivity contribution is 6.67. The van der Waals surface area contributed by atoms with Crippen LogP contribution in [0, 0.1) is 0 Å². The highest BCUT2D eigenvalue weighted by Gasteiger charge is 2.57. The first kappa shape index (κ1) is 40.8. The minimum absolute atomic E-state index is 0.0721. The standard InChI is InChI=1S/C50H50BN5O7/c52-29-32-7-4-8-35(25-32)34-17-23-56(24-18-34)47(58)36-9-5-12-38(27-36)60-31-50(37-10-2-1-3-11-37)48(59)62-51(63-50)41-13-6-14-42-39(41)28-43(55-42)45(57)46-49(19-21-54-22-20-49)40-26-33(30-53)15-16-44(40)61-46/h1-16,25-28,34,46,54-55H,17-24,29-31,52-53H2. The smallest absolute Gasteiger partial charge is 0.503 e. The van der Waals surface area contributed by atoms with Gasteiger partial charge in [0.2, 0.25) is 11.4 Å². The molecule has 13 heteroatoms. The lowest BCUT2D eigenvalue weighted by atomic mass is 9.68. The van der Waals surface area contributed by atoms with E-state index in [-0.39, 0.29) is 18.3 Å². The summed E-state index contributed by atoms with van der Waals surface area (Å²) in [6, 6.07) is 37.9. The molecule has 6 aromatic rings. The number of ether oxygens (including phenoxy) is 2. The predicted octanol–water partition coefficient (Wildman–Crippen LogP) is 5.61. The first-order chi connectivity index (χ1) is 30.8. The zero-order valence-electron chi connectivity index (χ0n) is 35.0. The van der Waals surface area contributed by atoms with E-state index < -0.39 is 30.2 Å². The number of piperidine rings is 2. The number of aromatic amines is 1. The van der Waals surface area contributed by atoms with Gasteiger partial charge in [0.05, 0.1) is 5.69 Å². The summed E-state index contributed by atoms with van der Waals surface area (Å²) in [4.78, 5) is 47.8. The highest BCUT2D eigenvalue weighted by Crippen LogP contribution is 2.50. The van der Waals surface area contributed by atoms with Crippen LogP contribution in [-0.4, -0.2) is 73.6 Å². The Morgan fingerprint density at radius 2 is 1.59 bits per heavy atom. The molecule has 0 radical (unpaired) electrons. The number of nitrogens with one attached hydrogen (secondary N) is 2. The Hall–Kier alpha value is -6.25. The average molecular weight is 844 g/mol. The van der Waals surface area contributed by atoms with E-state index >= 15 is 0 Å². The maximum absolute atomic E-state index is 14.6. The molecular formula is C50H50BN5O7. The fourth-order valence-corrected chi connectivity index (χ4v) is 10.1. The summed E-state index contributed by atoms with van der Waals surface area (Å²) < 4.78 is 25.7. The van der Waals surface area contributed by atoms with Gasteiger partial charge in [0.1, 0.15) is 18.1 Å². The number of nitrogens with two attached hydrogens (primary N) is 2. The molecule has 3 saturated heterocycles. The number of nitrogens with zero attached hydrogens (tertiary/aromatic N) is 1. The van der Waals surface area contributed by atoms with Crippen LogP contribution in [0.25, 0.3) is 10.9 Å². The Kier molecular flexibility index (Phi) is 10.9. The number of carbonyl (C=O) groups is 3. The summed E-state index contributed by atoms with van der Waals surface area (Å²) >= 11 is 0. The molecule has 3 fully saturated rings. The molecule has 10 rings (SSSR count). The second-order valence-electron chi connectivity index (χ2n) is 17.2. The van der Waals surface area contributed by atoms with Crippen molar-refractivity contribution in [2.24, 2.45) is 11.5 Å². The number of carbonyl (C=O) groups excluding carboxylic acids is 3. The molecule has 1 spiro atoms. The molecule has 0 bridgehead atoms. The van der Waals surface area contributed by atoms with Crippen molar-refractivity contribution < 1.29 is 33.2 Å². The molecule has 12 nitrogen and oxygen atoms in total. The van der Waals surface area contributed by atoms with Crippen molar-refractivity contribution in [3.8, 4) is 11.5 Å². The van der Waals surface area contributed by atoms with Crippen molar-refractivity contribution in [1.82, 2.24) is 15.2 Å². The molecule has 5 aromatic carbocycles. The molecule has 4 aliphatic heterocycles. The Balaban J connectivity index is 0.877. The summed E-state index contributed by atoms with van der Waals surface area (Å²) in [5, 5.41) is 4.12. The quantitative estimate of drug-likeness (QED) is 0.0950. The van der Waals surface area contributed by atoms with E-state index in [9.17, 15) is 14.4 Å². The van der Waals surface area contributed by atoms with Crippen LogP contribution in [0.2, 0.25) is 0 Å². The fourth-order valence-electron chi connectivity index (χ4n) is 10.1. The Bertz CT molecular complexity index is 2690. The monoisotopic (exact) mass is 843 g/mol. The molecule has 0 saturated carbocycles. The Morgan fingerprint density at radius 3 is 2.38 bits per heavy atom. The second kappa shape index (κ2) is 16.8. The normalized spacial score (nSPS) is 20.7. The first-order valence-electron chi connectivity index (χ1n) is 21.9. The molecule has 0 aliphatic carbocycles. The summed E-state index contributed by atoms with van der Waals surface area (Å²) in [5.41, 5.74) is 16.9. The van der Waals surface area contributed by atoms with Crippen molar-refractivity contribution in [2.45, 2.75) is 61.8 Å². The van der Waals surface area contributed by atoms with Gasteiger partial charge >= 0.3 is 13.1 Å². The summed E-state index contributed by atoms with van der Waals surface area (Å²) in [6.45, 7) is 3.50. The number of fused-ring (bicyclic) bond motifs is 3. The van der Waals surface area contributed by atoms with E-state index in [0.29, 0.717) is 71.0 Å². The van der Waals surface area contributed by atoms with Crippen LogP contribution in [0.4, 0.5) is 0 Å². The van der Waals surface area contributed by atoms with Crippen molar-refractivity contribution in [2.75, 3.05) is 32.8 Å². The number of rotatable bonds is 11. The number of benzene rings is 5. The first-order valence-corrected chi connectivity index (χ1v) is 21.9. The Labute approximate surface area is 366 Å². The summed E-state index contributed by atoms with van der Waals surface area (Å²) in [7, 11) is -1.12. The molecule has 1 amide bonds. The van der Waals surface area contributed by atoms with Crippen LogP contribution in [0.3, 0.4) is 0 Å². The van der Waals surface area contributed by atoms with Gasteiger partial charge in [-0.25, -0.2) is 0 Å². The summed E-state index contributed by atoms with van der Waals surface area (Å²) in [5.74, 6) is 0.668. The minimum Gasteiger partial charge on any atom is -0.503 e. The maximum atomic E-state index is 14.6. The third-order valence-electron chi connectivity index (χ3n) is 13.6. The molecule has 63 heavy (non-hydrogen) atoms. The van der Waals surface area contributed by atoms with Crippen LogP contribution in [-0.2, 0) is 38.2 Å². The number of likely N-dealkylation sites (tertiary alicyclic amines) is 1. The van der Waals surface area contributed by atoms with Gasteiger partial charge in [-0.3, -0.25) is 14.4 Å². The second-order valence-corrected chi connectivity index (χ2v) is 17.2. The molecule has 320 valence electrons. The summed E-state index contributed by atoms with van der Waals surface area (Å²) in [6.07, 6.45) is 2.49. The predicted molar refractivity (Wildman–Crippen MR) is 240 cm³/mol. The third-order valence-corrected chi connectivity index (χ3v) is 13.6. The van der Waals surface area contributed by atoms with Gasteiger partial charge in [-0.05, 0) is 103 Å². The maximum Gasteiger partial charge on any atom is 0.566 e. The van der Waals surface area contributed by atoms with Crippen LogP contribution in [0.15, 0.2) is 121 Å². The topological polar surface area (TPSA) is 171 Å². The Morgan fingerprint density at radius 1 is 0.825 bits per heavy atom. The molecule has 2 atom stereocenters. The van der Waals surface area contributed by atoms with Gasteiger partial charge in [-0.15, -0.1) is 0 Å². The zero-order valence-corrected chi connectivity index (χ0v) is 35.0. The average Bonchev–Trinajstić information content (AvgIpc) is 4.03. The third kappa shape index (κ3) is 7.38. The van der Waals surface area contributed by atoms with Gasteiger partial charge in [-0.1, -0.05) is 84.9 Å². The van der Waals surface area contributed by atoms with Gasteiger partial charge in [0.25, 0.3) is 5.91 Å². The van der Waals surface area contributed by atoms with Crippen LogP contribution < -0.4 is 31.7 Å². The number of H-pyrrole nitrogens is 1. The lowest BCUT2D eigenvalue weighted by molar-refractivity contribution is -0.146. The highest BCUT2D eigenvalue weighted by atomic mass is 16.7. The van der Waals surface area contributed by atoms with E-state index in [1.807, 2.05) is 71.6 Å². The number of amides is 1. The van der Waals surface area contributed by atoms with E-state index in [1.165, 1.54) is 5.56 Å². The van der Waals surface area contributed by atoms with Crippen molar-refractivity contribution in [3.63, 3.8) is 0 Å². The van der Waals surface area contributed by atoms with Gasteiger partial charge in [-0.2, -0.15) is 0 Å².